The molecular formula is C19H18BrN3O5. The van der Waals surface area contributed by atoms with E-state index in [0.717, 1.165) is 5.57 Å². The van der Waals surface area contributed by atoms with Crippen LogP contribution in [-0.2, 0) is 4.79 Å². The van der Waals surface area contributed by atoms with Gasteiger partial charge >= 0.3 is 0 Å². The number of fused-ring (bicyclic) bond motifs is 1. The number of pyridine rings is 1. The maximum atomic E-state index is 12.3. The molecule has 0 bridgehead atoms. The molecule has 1 amide bonds. The van der Waals surface area contributed by atoms with Gasteiger partial charge in [-0.2, -0.15) is 0 Å². The molecule has 0 unspecified atom stereocenters. The fourth-order valence-corrected chi connectivity index (χ4v) is 3.66. The summed E-state index contributed by atoms with van der Waals surface area (Å²) in [4.78, 5) is 37.4. The van der Waals surface area contributed by atoms with Crippen molar-refractivity contribution in [2.75, 3.05) is 5.32 Å². The minimum atomic E-state index is -0.728. The summed E-state index contributed by atoms with van der Waals surface area (Å²) in [6.45, 7) is 6.93. The number of nitro groups is 1. The fourth-order valence-electron chi connectivity index (χ4n) is 3.13. The third-order valence-corrected chi connectivity index (χ3v) is 5.44. The summed E-state index contributed by atoms with van der Waals surface area (Å²) in [5, 5.41) is 14.0. The van der Waals surface area contributed by atoms with E-state index < -0.39 is 10.5 Å². The molecule has 0 saturated heterocycles. The van der Waals surface area contributed by atoms with Gasteiger partial charge in [-0.25, -0.2) is 0 Å². The van der Waals surface area contributed by atoms with Gasteiger partial charge in [-0.1, -0.05) is 0 Å². The molecule has 0 aliphatic carbocycles. The van der Waals surface area contributed by atoms with Gasteiger partial charge in [0.1, 0.15) is 11.4 Å². The monoisotopic (exact) mass is 447 g/mol. The number of rotatable bonds is 3. The Labute approximate surface area is 168 Å². The van der Waals surface area contributed by atoms with E-state index in [4.69, 9.17) is 4.74 Å². The van der Waals surface area contributed by atoms with Crippen LogP contribution in [0.3, 0.4) is 0 Å². The molecule has 2 N–H and O–H groups in total. The van der Waals surface area contributed by atoms with Crippen LogP contribution in [0.2, 0.25) is 0 Å². The molecule has 28 heavy (non-hydrogen) atoms. The summed E-state index contributed by atoms with van der Waals surface area (Å²) in [7, 11) is 0. The third kappa shape index (κ3) is 3.33. The first-order chi connectivity index (χ1) is 13.0. The second kappa shape index (κ2) is 6.90. The van der Waals surface area contributed by atoms with Crippen molar-refractivity contribution in [2.45, 2.75) is 33.3 Å². The second-order valence-electron chi connectivity index (χ2n) is 6.95. The van der Waals surface area contributed by atoms with Crippen LogP contribution >= 0.6 is 15.9 Å². The number of carbonyl (C=O) groups is 1. The number of nitrogens with zero attached hydrogens (tertiary/aromatic N) is 1. The summed E-state index contributed by atoms with van der Waals surface area (Å²) in [6, 6.07) is 4.32. The molecular weight excluding hydrogens is 430 g/mol. The van der Waals surface area contributed by atoms with Gasteiger partial charge in [0.25, 0.3) is 11.2 Å². The first kappa shape index (κ1) is 19.8. The number of nitro benzene ring substituents is 1. The van der Waals surface area contributed by atoms with Crippen LogP contribution in [0.25, 0.3) is 5.57 Å². The van der Waals surface area contributed by atoms with Crippen LogP contribution in [0.5, 0.6) is 5.75 Å². The molecule has 0 fully saturated rings. The quantitative estimate of drug-likeness (QED) is 0.544. The van der Waals surface area contributed by atoms with E-state index in [9.17, 15) is 19.7 Å². The predicted octanol–water partition coefficient (Wildman–Crippen LogP) is 4.00. The number of ether oxygens (including phenoxy) is 1. The lowest BCUT2D eigenvalue weighted by Gasteiger charge is -2.36. The maximum absolute atomic E-state index is 12.3. The molecule has 1 aliphatic heterocycles. The Morgan fingerprint density at radius 1 is 1.36 bits per heavy atom. The van der Waals surface area contributed by atoms with Gasteiger partial charge in [0.2, 0.25) is 5.91 Å². The lowest BCUT2D eigenvalue weighted by molar-refractivity contribution is -0.384. The van der Waals surface area contributed by atoms with Crippen molar-refractivity contribution in [3.63, 3.8) is 0 Å². The Bertz CT molecular complexity index is 1100. The number of carbonyl (C=O) groups excluding carboxylic acids is 1. The molecule has 0 saturated carbocycles. The number of benzene rings is 1. The zero-order valence-electron chi connectivity index (χ0n) is 15.7. The number of hydrogen-bond acceptors (Lipinski definition) is 5. The molecule has 0 radical (unpaired) electrons. The first-order valence-electron chi connectivity index (χ1n) is 8.41. The van der Waals surface area contributed by atoms with E-state index >= 15 is 0 Å². The Balaban J connectivity index is 2.42. The van der Waals surface area contributed by atoms with Crippen molar-refractivity contribution in [1.82, 2.24) is 4.98 Å². The van der Waals surface area contributed by atoms with Gasteiger partial charge in [-0.15, -0.1) is 0 Å². The third-order valence-electron chi connectivity index (χ3n) is 4.68. The van der Waals surface area contributed by atoms with Gasteiger partial charge in [-0.3, -0.25) is 19.7 Å². The Hall–Kier alpha value is -2.94. The van der Waals surface area contributed by atoms with Crippen molar-refractivity contribution in [3.05, 3.63) is 66.0 Å². The Morgan fingerprint density at radius 2 is 2.04 bits per heavy atom. The van der Waals surface area contributed by atoms with Crippen molar-refractivity contribution >= 4 is 38.8 Å². The SMILES string of the molecule is CC(=O)Nc1c[nH]c(=O)c(Br)c1C1=C(C)C(C)(C)Oc2ccc([N+](=O)[O-])cc21. The van der Waals surface area contributed by atoms with Crippen molar-refractivity contribution in [2.24, 2.45) is 0 Å². The standard InChI is InChI=1S/C19H18BrN3O5/c1-9-15(16-13(22-10(2)24)8-21-18(25)17(16)20)12-7-11(23(26)27)5-6-14(12)28-19(9,3)4/h5-8H,1-4H3,(H,21,25)(H,22,24). The molecule has 2 aromatic rings. The smallest absolute Gasteiger partial charge is 0.270 e. The summed E-state index contributed by atoms with van der Waals surface area (Å²) >= 11 is 3.32. The molecule has 2 heterocycles. The second-order valence-corrected chi connectivity index (χ2v) is 7.74. The largest absolute Gasteiger partial charge is 0.483 e. The summed E-state index contributed by atoms with van der Waals surface area (Å²) < 4.78 is 6.25. The number of amides is 1. The van der Waals surface area contributed by atoms with E-state index in [0.29, 0.717) is 28.1 Å². The predicted molar refractivity (Wildman–Crippen MR) is 109 cm³/mol. The van der Waals surface area contributed by atoms with E-state index in [-0.39, 0.29) is 21.6 Å². The molecule has 1 aromatic carbocycles. The van der Waals surface area contributed by atoms with Crippen LogP contribution in [0, 0.1) is 10.1 Å². The van der Waals surface area contributed by atoms with E-state index in [1.807, 2.05) is 20.8 Å². The van der Waals surface area contributed by atoms with Crippen LogP contribution in [-0.4, -0.2) is 21.4 Å². The molecule has 3 rings (SSSR count). The molecule has 0 spiro atoms. The number of anilines is 1. The average Bonchev–Trinajstić information content (AvgIpc) is 2.60. The van der Waals surface area contributed by atoms with Crippen molar-refractivity contribution in [1.29, 1.82) is 0 Å². The minimum absolute atomic E-state index is 0.102. The number of halogens is 1. The van der Waals surface area contributed by atoms with Crippen LogP contribution in [0.15, 0.2) is 39.2 Å². The fraction of sp³-hybridized carbons (Fsp3) is 0.263. The highest BCUT2D eigenvalue weighted by atomic mass is 79.9. The Kier molecular flexibility index (Phi) is 4.88. The van der Waals surface area contributed by atoms with Crippen molar-refractivity contribution in [3.8, 4) is 5.75 Å². The summed E-state index contributed by atoms with van der Waals surface area (Å²) in [5.74, 6) is 0.140. The normalized spacial score (nSPS) is 14.9. The lowest BCUT2D eigenvalue weighted by Crippen LogP contribution is -2.34. The van der Waals surface area contributed by atoms with Gasteiger partial charge in [-0.05, 0) is 53.9 Å². The molecule has 1 aromatic heterocycles. The lowest BCUT2D eigenvalue weighted by atomic mass is 9.83. The van der Waals surface area contributed by atoms with Gasteiger partial charge in [0.15, 0.2) is 0 Å². The molecule has 1 aliphatic rings. The minimum Gasteiger partial charge on any atom is -0.483 e. The topological polar surface area (TPSA) is 114 Å². The number of non-ortho nitro benzene ring substituents is 1. The molecule has 9 heteroatoms. The maximum Gasteiger partial charge on any atom is 0.270 e. The van der Waals surface area contributed by atoms with E-state index in [1.165, 1.54) is 25.3 Å². The van der Waals surface area contributed by atoms with E-state index in [1.54, 1.807) is 6.07 Å². The van der Waals surface area contributed by atoms with E-state index in [2.05, 4.69) is 26.2 Å². The average molecular weight is 448 g/mol. The highest BCUT2D eigenvalue weighted by Gasteiger charge is 2.35. The highest BCUT2D eigenvalue weighted by Crippen LogP contribution is 2.47. The molecule has 146 valence electrons. The highest BCUT2D eigenvalue weighted by molar-refractivity contribution is 9.10. The number of nitrogens with one attached hydrogen (secondary N) is 2. The summed E-state index contributed by atoms with van der Waals surface area (Å²) in [6.07, 6.45) is 1.41. The number of H-pyrrole nitrogens is 1. The zero-order chi connectivity index (χ0) is 20.8. The Morgan fingerprint density at radius 3 is 2.64 bits per heavy atom. The molecule has 0 atom stereocenters. The number of hydrogen-bond donors (Lipinski definition) is 2. The van der Waals surface area contributed by atoms with Crippen LogP contribution in [0.4, 0.5) is 11.4 Å². The van der Waals surface area contributed by atoms with Gasteiger partial charge in [0.05, 0.1) is 15.1 Å². The number of aromatic nitrogens is 1. The van der Waals surface area contributed by atoms with Gasteiger partial charge < -0.3 is 15.0 Å². The van der Waals surface area contributed by atoms with Crippen molar-refractivity contribution < 1.29 is 14.5 Å². The number of aromatic amines is 1. The molecule has 8 nitrogen and oxygen atoms in total. The van der Waals surface area contributed by atoms with Crippen LogP contribution < -0.4 is 15.6 Å². The zero-order valence-corrected chi connectivity index (χ0v) is 17.3. The van der Waals surface area contributed by atoms with Gasteiger partial charge in [0, 0.05) is 36.4 Å². The first-order valence-corrected chi connectivity index (χ1v) is 9.20. The summed E-state index contributed by atoms with van der Waals surface area (Å²) in [5.41, 5.74) is 1.43. The van der Waals surface area contributed by atoms with Crippen LogP contribution in [0.1, 0.15) is 38.8 Å².